The van der Waals surface area contributed by atoms with Crippen molar-refractivity contribution in [3.05, 3.63) is 58.7 Å². The third-order valence-corrected chi connectivity index (χ3v) is 3.72. The first-order chi connectivity index (χ1) is 9.16. The minimum Gasteiger partial charge on any atom is -0.367 e. The topological polar surface area (TPSA) is 44.9 Å². The summed E-state index contributed by atoms with van der Waals surface area (Å²) in [5.41, 5.74) is 3.19. The van der Waals surface area contributed by atoms with Crippen molar-refractivity contribution in [2.45, 2.75) is 25.8 Å². The van der Waals surface area contributed by atoms with Crippen molar-refractivity contribution in [1.82, 2.24) is 10.3 Å². The minimum absolute atomic E-state index is 0.0903. The average molecular weight is 258 g/mol. The van der Waals surface area contributed by atoms with E-state index >= 15 is 0 Å². The van der Waals surface area contributed by atoms with Crippen LogP contribution < -0.4 is 5.32 Å². The molecule has 0 bridgehead atoms. The molecular formula is C15H15FN2O. The van der Waals surface area contributed by atoms with Crippen molar-refractivity contribution in [2.24, 2.45) is 0 Å². The predicted molar refractivity (Wildman–Crippen MR) is 70.5 cm³/mol. The van der Waals surface area contributed by atoms with Crippen molar-refractivity contribution >= 4 is 5.91 Å². The maximum atomic E-state index is 13.6. The van der Waals surface area contributed by atoms with E-state index in [0.29, 0.717) is 12.0 Å². The lowest BCUT2D eigenvalue weighted by Gasteiger charge is -2.14. The van der Waals surface area contributed by atoms with Crippen molar-refractivity contribution < 1.29 is 9.18 Å². The molecule has 0 unspecified atom stereocenters. The number of rotatable bonds is 2. The molecule has 3 rings (SSSR count). The first-order valence-corrected chi connectivity index (χ1v) is 6.38. The zero-order chi connectivity index (χ0) is 13.4. The number of H-pyrrole nitrogens is 1. The Morgan fingerprint density at radius 1 is 1.42 bits per heavy atom. The highest BCUT2D eigenvalue weighted by Crippen LogP contribution is 2.32. The van der Waals surface area contributed by atoms with Gasteiger partial charge in [-0.1, -0.05) is 12.1 Å². The van der Waals surface area contributed by atoms with Crippen LogP contribution in [0, 0.1) is 12.7 Å². The highest BCUT2D eigenvalue weighted by atomic mass is 19.1. The van der Waals surface area contributed by atoms with Gasteiger partial charge in [0.25, 0.3) is 5.91 Å². The van der Waals surface area contributed by atoms with E-state index < -0.39 is 0 Å². The van der Waals surface area contributed by atoms with Gasteiger partial charge in [-0.05, 0) is 42.5 Å². The lowest BCUT2D eigenvalue weighted by molar-refractivity contribution is 0.0936. The standard InChI is InChI=1S/C15H15FN2O/c1-9-7-17-8-12(9)15(19)18-14-6-5-10-11(14)3-2-4-13(10)16/h2-4,7-8,14,17H,5-6H2,1H3,(H,18,19)/t14-/m1/s1. The number of aromatic nitrogens is 1. The van der Waals surface area contributed by atoms with E-state index in [9.17, 15) is 9.18 Å². The molecule has 4 heteroatoms. The molecule has 0 aliphatic heterocycles. The number of carbonyl (C=O) groups is 1. The van der Waals surface area contributed by atoms with E-state index in [0.717, 1.165) is 23.1 Å². The molecule has 0 fully saturated rings. The Balaban J connectivity index is 1.82. The fourth-order valence-corrected chi connectivity index (χ4v) is 2.68. The summed E-state index contributed by atoms with van der Waals surface area (Å²) in [6.45, 7) is 1.88. The number of aromatic amines is 1. The van der Waals surface area contributed by atoms with E-state index in [-0.39, 0.29) is 17.8 Å². The SMILES string of the molecule is Cc1c[nH]cc1C(=O)N[C@@H]1CCc2c(F)cccc21. The highest BCUT2D eigenvalue weighted by molar-refractivity contribution is 5.95. The highest BCUT2D eigenvalue weighted by Gasteiger charge is 2.26. The first kappa shape index (κ1) is 12.0. The van der Waals surface area contributed by atoms with Crippen LogP contribution in [0.4, 0.5) is 4.39 Å². The summed E-state index contributed by atoms with van der Waals surface area (Å²) in [5.74, 6) is -0.284. The van der Waals surface area contributed by atoms with Crippen molar-refractivity contribution in [3.8, 4) is 0 Å². The van der Waals surface area contributed by atoms with Crippen LogP contribution in [0.5, 0.6) is 0 Å². The first-order valence-electron chi connectivity index (χ1n) is 6.38. The molecule has 1 aromatic carbocycles. The summed E-state index contributed by atoms with van der Waals surface area (Å²) in [7, 11) is 0. The number of hydrogen-bond donors (Lipinski definition) is 2. The molecule has 0 spiro atoms. The Kier molecular flexibility index (Phi) is 2.85. The smallest absolute Gasteiger partial charge is 0.253 e. The summed E-state index contributed by atoms with van der Waals surface area (Å²) < 4.78 is 13.6. The molecule has 1 aliphatic carbocycles. The van der Waals surface area contributed by atoms with Crippen LogP contribution in [-0.4, -0.2) is 10.9 Å². The van der Waals surface area contributed by atoms with Gasteiger partial charge in [-0.3, -0.25) is 4.79 Å². The van der Waals surface area contributed by atoms with Crippen LogP contribution in [0.25, 0.3) is 0 Å². The number of fused-ring (bicyclic) bond motifs is 1. The van der Waals surface area contributed by atoms with Crippen LogP contribution in [0.1, 0.15) is 39.5 Å². The lowest BCUT2D eigenvalue weighted by Crippen LogP contribution is -2.27. The summed E-state index contributed by atoms with van der Waals surface area (Å²) in [5, 5.41) is 2.98. The fourth-order valence-electron chi connectivity index (χ4n) is 2.68. The van der Waals surface area contributed by atoms with Crippen LogP contribution in [-0.2, 0) is 6.42 Å². The Morgan fingerprint density at radius 2 is 2.26 bits per heavy atom. The van der Waals surface area contributed by atoms with Gasteiger partial charge in [-0.2, -0.15) is 0 Å². The van der Waals surface area contributed by atoms with Crippen LogP contribution in [0.15, 0.2) is 30.6 Å². The number of amides is 1. The number of halogens is 1. The summed E-state index contributed by atoms with van der Waals surface area (Å²) in [4.78, 5) is 15.1. The summed E-state index contributed by atoms with van der Waals surface area (Å²) in [6, 6.07) is 4.97. The van der Waals surface area contributed by atoms with Gasteiger partial charge in [0, 0.05) is 12.4 Å². The molecule has 1 heterocycles. The van der Waals surface area contributed by atoms with Crippen molar-refractivity contribution in [2.75, 3.05) is 0 Å². The third kappa shape index (κ3) is 2.03. The molecule has 2 aromatic rings. The predicted octanol–water partition coefficient (Wildman–Crippen LogP) is 2.88. The third-order valence-electron chi connectivity index (χ3n) is 3.72. The molecule has 0 radical (unpaired) electrons. The van der Waals surface area contributed by atoms with E-state index in [1.54, 1.807) is 18.5 Å². The van der Waals surface area contributed by atoms with Gasteiger partial charge in [-0.25, -0.2) is 4.39 Å². The lowest BCUT2D eigenvalue weighted by atomic mass is 10.1. The second kappa shape index (κ2) is 4.53. The average Bonchev–Trinajstić information content (AvgIpc) is 2.97. The molecule has 0 saturated heterocycles. The Hall–Kier alpha value is -2.10. The normalized spacial score (nSPS) is 17.3. The van der Waals surface area contributed by atoms with Gasteiger partial charge >= 0.3 is 0 Å². The molecule has 19 heavy (non-hydrogen) atoms. The second-order valence-corrected chi connectivity index (χ2v) is 4.92. The number of aryl methyl sites for hydroxylation is 1. The van der Waals surface area contributed by atoms with E-state index in [1.807, 2.05) is 13.0 Å². The zero-order valence-corrected chi connectivity index (χ0v) is 10.7. The van der Waals surface area contributed by atoms with E-state index in [4.69, 9.17) is 0 Å². The Bertz CT molecular complexity index is 633. The van der Waals surface area contributed by atoms with E-state index in [2.05, 4.69) is 10.3 Å². The Labute approximate surface area is 110 Å². The van der Waals surface area contributed by atoms with Crippen molar-refractivity contribution in [1.29, 1.82) is 0 Å². The maximum Gasteiger partial charge on any atom is 0.253 e. The summed E-state index contributed by atoms with van der Waals surface area (Å²) >= 11 is 0. The number of hydrogen-bond acceptors (Lipinski definition) is 1. The molecule has 1 aliphatic rings. The fraction of sp³-hybridized carbons (Fsp3) is 0.267. The number of carbonyl (C=O) groups excluding carboxylic acids is 1. The molecule has 1 atom stereocenters. The second-order valence-electron chi connectivity index (χ2n) is 4.92. The molecular weight excluding hydrogens is 243 g/mol. The zero-order valence-electron chi connectivity index (χ0n) is 10.7. The maximum absolute atomic E-state index is 13.6. The van der Waals surface area contributed by atoms with Gasteiger partial charge in [0.05, 0.1) is 11.6 Å². The largest absolute Gasteiger partial charge is 0.367 e. The van der Waals surface area contributed by atoms with Crippen molar-refractivity contribution in [3.63, 3.8) is 0 Å². The number of benzene rings is 1. The molecule has 3 nitrogen and oxygen atoms in total. The summed E-state index contributed by atoms with van der Waals surface area (Å²) in [6.07, 6.45) is 4.91. The molecule has 98 valence electrons. The van der Waals surface area contributed by atoms with Gasteiger partial charge < -0.3 is 10.3 Å². The van der Waals surface area contributed by atoms with Crippen LogP contribution >= 0.6 is 0 Å². The quantitative estimate of drug-likeness (QED) is 0.854. The van der Waals surface area contributed by atoms with Crippen LogP contribution in [0.3, 0.4) is 0 Å². The minimum atomic E-state index is -0.174. The number of nitrogens with one attached hydrogen (secondary N) is 2. The molecule has 1 aromatic heterocycles. The molecule has 1 amide bonds. The Morgan fingerprint density at radius 3 is 3.00 bits per heavy atom. The van der Waals surface area contributed by atoms with Crippen LogP contribution in [0.2, 0.25) is 0 Å². The van der Waals surface area contributed by atoms with Gasteiger partial charge in [0.15, 0.2) is 0 Å². The monoisotopic (exact) mass is 258 g/mol. The molecule has 2 N–H and O–H groups in total. The molecule has 0 saturated carbocycles. The van der Waals surface area contributed by atoms with Gasteiger partial charge in [0.1, 0.15) is 5.82 Å². The van der Waals surface area contributed by atoms with E-state index in [1.165, 1.54) is 6.07 Å². The van der Waals surface area contributed by atoms with Gasteiger partial charge in [-0.15, -0.1) is 0 Å². The van der Waals surface area contributed by atoms with Gasteiger partial charge in [0.2, 0.25) is 0 Å².